The monoisotopic (exact) mass is 303 g/mol. The molecule has 0 spiro atoms. The maximum Gasteiger partial charge on any atom is 0.374 e. The quantitative estimate of drug-likeness (QED) is 0.789. The largest absolute Gasteiger partial charge is 0.496 e. The van der Waals surface area contributed by atoms with Gasteiger partial charge >= 0.3 is 5.97 Å². The van der Waals surface area contributed by atoms with Crippen molar-refractivity contribution in [3.05, 3.63) is 54.0 Å². The summed E-state index contributed by atoms with van der Waals surface area (Å²) >= 11 is 0. The summed E-state index contributed by atoms with van der Waals surface area (Å²) in [6.45, 7) is 0.0863. The molecule has 0 aliphatic rings. The van der Waals surface area contributed by atoms with Gasteiger partial charge in [0.25, 0.3) is 5.91 Å². The van der Waals surface area contributed by atoms with E-state index in [1.165, 1.54) is 12.3 Å². The first kappa shape index (κ1) is 15.6. The molecule has 0 aliphatic carbocycles. The summed E-state index contributed by atoms with van der Waals surface area (Å²) in [4.78, 5) is 23.1. The third-order valence-corrected chi connectivity index (χ3v) is 2.97. The van der Waals surface area contributed by atoms with Crippen LogP contribution in [0.2, 0.25) is 0 Å². The number of amides is 1. The van der Waals surface area contributed by atoms with Gasteiger partial charge in [-0.25, -0.2) is 4.79 Å². The molecule has 6 heteroatoms. The van der Waals surface area contributed by atoms with Crippen LogP contribution in [0.5, 0.6) is 5.75 Å². The zero-order valence-electron chi connectivity index (χ0n) is 12.2. The van der Waals surface area contributed by atoms with Crippen LogP contribution in [0, 0.1) is 0 Å². The van der Waals surface area contributed by atoms with Gasteiger partial charge in [0.05, 0.1) is 13.4 Å². The Bertz CT molecular complexity index is 621. The Morgan fingerprint density at radius 1 is 1.18 bits per heavy atom. The molecule has 6 nitrogen and oxygen atoms in total. The molecule has 0 radical (unpaired) electrons. The molecule has 0 atom stereocenters. The Morgan fingerprint density at radius 2 is 2.00 bits per heavy atom. The minimum atomic E-state index is -0.662. The Balaban J connectivity index is 1.71. The number of hydrogen-bond donors (Lipinski definition) is 1. The number of rotatable bonds is 7. The van der Waals surface area contributed by atoms with E-state index in [0.29, 0.717) is 13.0 Å². The van der Waals surface area contributed by atoms with E-state index in [1.807, 2.05) is 24.3 Å². The fraction of sp³-hybridized carbons (Fsp3) is 0.250. The van der Waals surface area contributed by atoms with Gasteiger partial charge in [-0.2, -0.15) is 0 Å². The van der Waals surface area contributed by atoms with Crippen molar-refractivity contribution in [2.75, 3.05) is 20.3 Å². The second kappa shape index (κ2) is 7.87. The van der Waals surface area contributed by atoms with E-state index in [1.54, 1.807) is 13.2 Å². The van der Waals surface area contributed by atoms with Crippen molar-refractivity contribution in [1.82, 2.24) is 5.32 Å². The van der Waals surface area contributed by atoms with Gasteiger partial charge in [0.15, 0.2) is 6.61 Å². The number of esters is 1. The molecular weight excluding hydrogens is 286 g/mol. The van der Waals surface area contributed by atoms with Crippen LogP contribution in [0.25, 0.3) is 0 Å². The number of nitrogens with one attached hydrogen (secondary N) is 1. The van der Waals surface area contributed by atoms with Crippen LogP contribution in [0.4, 0.5) is 0 Å². The van der Waals surface area contributed by atoms with Crippen molar-refractivity contribution >= 4 is 11.9 Å². The number of methoxy groups -OCH3 is 1. The molecule has 1 aromatic heterocycles. The number of furan rings is 1. The zero-order chi connectivity index (χ0) is 15.8. The second-order valence-electron chi connectivity index (χ2n) is 4.47. The third-order valence-electron chi connectivity index (χ3n) is 2.97. The number of para-hydroxylation sites is 1. The van der Waals surface area contributed by atoms with Gasteiger partial charge in [-0.3, -0.25) is 4.79 Å². The van der Waals surface area contributed by atoms with Crippen LogP contribution in [-0.2, 0) is 16.0 Å². The van der Waals surface area contributed by atoms with Crippen molar-refractivity contribution in [2.24, 2.45) is 0 Å². The number of hydrogen-bond acceptors (Lipinski definition) is 5. The molecule has 1 N–H and O–H groups in total. The number of carbonyl (C=O) groups excluding carboxylic acids is 2. The van der Waals surface area contributed by atoms with Crippen LogP contribution < -0.4 is 10.1 Å². The minimum absolute atomic E-state index is 0.0711. The Hall–Kier alpha value is -2.76. The summed E-state index contributed by atoms with van der Waals surface area (Å²) in [5, 5.41) is 2.68. The first-order valence-corrected chi connectivity index (χ1v) is 6.80. The average molecular weight is 303 g/mol. The van der Waals surface area contributed by atoms with Crippen molar-refractivity contribution in [3.8, 4) is 5.75 Å². The minimum Gasteiger partial charge on any atom is -0.496 e. The Labute approximate surface area is 128 Å². The molecule has 116 valence electrons. The lowest BCUT2D eigenvalue weighted by Crippen LogP contribution is -2.30. The predicted molar refractivity (Wildman–Crippen MR) is 78.7 cm³/mol. The molecule has 2 rings (SSSR count). The molecule has 0 bridgehead atoms. The molecule has 1 amide bonds. The van der Waals surface area contributed by atoms with Gasteiger partial charge in [0.2, 0.25) is 5.76 Å². The van der Waals surface area contributed by atoms with Gasteiger partial charge in [0, 0.05) is 6.54 Å². The van der Waals surface area contributed by atoms with E-state index < -0.39 is 5.97 Å². The highest BCUT2D eigenvalue weighted by molar-refractivity contribution is 5.88. The molecular formula is C16H17NO5. The topological polar surface area (TPSA) is 77.8 Å². The summed E-state index contributed by atoms with van der Waals surface area (Å²) in [6, 6.07) is 10.6. The molecule has 0 saturated carbocycles. The maximum absolute atomic E-state index is 11.6. The van der Waals surface area contributed by atoms with Gasteiger partial charge in [-0.1, -0.05) is 18.2 Å². The van der Waals surface area contributed by atoms with Crippen molar-refractivity contribution in [3.63, 3.8) is 0 Å². The highest BCUT2D eigenvalue weighted by Gasteiger charge is 2.12. The molecule has 22 heavy (non-hydrogen) atoms. The fourth-order valence-electron chi connectivity index (χ4n) is 1.89. The Morgan fingerprint density at radius 3 is 2.73 bits per heavy atom. The molecule has 0 saturated heterocycles. The maximum atomic E-state index is 11.6. The van der Waals surface area contributed by atoms with Crippen molar-refractivity contribution in [2.45, 2.75) is 6.42 Å². The molecule has 2 aromatic rings. The van der Waals surface area contributed by atoms with E-state index in [-0.39, 0.29) is 18.3 Å². The molecule has 1 aromatic carbocycles. The summed E-state index contributed by atoms with van der Waals surface area (Å²) in [6.07, 6.45) is 1.99. The standard InChI is InChI=1S/C16H17NO5/c1-20-13-6-3-2-5-12(13)8-9-17-15(18)11-22-16(19)14-7-4-10-21-14/h2-7,10H,8-9,11H2,1H3,(H,17,18). The van der Waals surface area contributed by atoms with Gasteiger partial charge in [-0.15, -0.1) is 0 Å². The van der Waals surface area contributed by atoms with E-state index in [9.17, 15) is 9.59 Å². The summed E-state index contributed by atoms with van der Waals surface area (Å²) in [5.74, 6) is -0.178. The zero-order valence-corrected chi connectivity index (χ0v) is 12.2. The molecule has 1 heterocycles. The van der Waals surface area contributed by atoms with E-state index in [0.717, 1.165) is 11.3 Å². The lowest BCUT2D eigenvalue weighted by Gasteiger charge is -2.09. The van der Waals surface area contributed by atoms with Crippen LogP contribution in [-0.4, -0.2) is 32.1 Å². The highest BCUT2D eigenvalue weighted by Crippen LogP contribution is 2.17. The number of carbonyl (C=O) groups is 2. The van der Waals surface area contributed by atoms with E-state index in [2.05, 4.69) is 5.32 Å². The van der Waals surface area contributed by atoms with Crippen LogP contribution in [0.3, 0.4) is 0 Å². The van der Waals surface area contributed by atoms with Gasteiger partial charge in [-0.05, 0) is 30.2 Å². The summed E-state index contributed by atoms with van der Waals surface area (Å²) in [7, 11) is 1.60. The first-order valence-electron chi connectivity index (χ1n) is 6.80. The van der Waals surface area contributed by atoms with Crippen molar-refractivity contribution < 1.29 is 23.5 Å². The van der Waals surface area contributed by atoms with Gasteiger partial charge in [0.1, 0.15) is 5.75 Å². The fourth-order valence-corrected chi connectivity index (χ4v) is 1.89. The highest BCUT2D eigenvalue weighted by atomic mass is 16.5. The number of benzene rings is 1. The second-order valence-corrected chi connectivity index (χ2v) is 4.47. The molecule has 0 unspecified atom stereocenters. The SMILES string of the molecule is COc1ccccc1CCNC(=O)COC(=O)c1ccco1. The Kier molecular flexibility index (Phi) is 5.59. The van der Waals surface area contributed by atoms with Crippen molar-refractivity contribution in [1.29, 1.82) is 0 Å². The third kappa shape index (κ3) is 4.37. The summed E-state index contributed by atoms with van der Waals surface area (Å²) < 4.78 is 14.9. The lowest BCUT2D eigenvalue weighted by atomic mass is 10.1. The summed E-state index contributed by atoms with van der Waals surface area (Å²) in [5.41, 5.74) is 0.998. The van der Waals surface area contributed by atoms with Crippen LogP contribution >= 0.6 is 0 Å². The first-order chi connectivity index (χ1) is 10.7. The van der Waals surface area contributed by atoms with Crippen LogP contribution in [0.15, 0.2) is 47.1 Å². The van der Waals surface area contributed by atoms with Gasteiger partial charge < -0.3 is 19.2 Å². The predicted octanol–water partition coefficient (Wildman–Crippen LogP) is 1.80. The van der Waals surface area contributed by atoms with E-state index >= 15 is 0 Å². The average Bonchev–Trinajstić information content (AvgIpc) is 3.07. The van der Waals surface area contributed by atoms with Crippen LogP contribution in [0.1, 0.15) is 16.1 Å². The molecule has 0 fully saturated rings. The molecule has 0 aliphatic heterocycles. The normalized spacial score (nSPS) is 10.0. The van der Waals surface area contributed by atoms with E-state index in [4.69, 9.17) is 13.9 Å². The smallest absolute Gasteiger partial charge is 0.374 e. The number of ether oxygens (including phenoxy) is 2. The lowest BCUT2D eigenvalue weighted by molar-refractivity contribution is -0.124.